The van der Waals surface area contributed by atoms with Gasteiger partial charge < -0.3 is 10.1 Å². The molecule has 0 saturated carbocycles. The molecule has 0 aliphatic rings. The molecule has 2 amide bonds. The second kappa shape index (κ2) is 9.64. The molecule has 0 radical (unpaired) electrons. The molecule has 2 heterocycles. The molecule has 1 N–H and O–H groups in total. The van der Waals surface area contributed by atoms with Crippen molar-refractivity contribution in [1.82, 2.24) is 20.3 Å². The van der Waals surface area contributed by atoms with E-state index in [1.807, 2.05) is 74.0 Å². The van der Waals surface area contributed by atoms with E-state index in [2.05, 4.69) is 15.6 Å². The summed E-state index contributed by atoms with van der Waals surface area (Å²) in [4.78, 5) is 29.0. The fourth-order valence-corrected chi connectivity index (χ4v) is 4.45. The lowest BCUT2D eigenvalue weighted by Crippen LogP contribution is -2.50. The Morgan fingerprint density at radius 2 is 1.85 bits per heavy atom. The van der Waals surface area contributed by atoms with Gasteiger partial charge in [-0.05, 0) is 67.4 Å². The van der Waals surface area contributed by atoms with Gasteiger partial charge in [0.05, 0.1) is 18.3 Å². The zero-order chi connectivity index (χ0) is 24.3. The van der Waals surface area contributed by atoms with Crippen molar-refractivity contribution in [2.75, 3.05) is 12.0 Å². The Bertz CT molecular complexity index is 1290. The van der Waals surface area contributed by atoms with Crippen LogP contribution in [0, 0.1) is 0 Å². The van der Waals surface area contributed by atoms with Gasteiger partial charge in [-0.15, -0.1) is 5.10 Å². The maximum atomic E-state index is 13.9. The third-order valence-corrected chi connectivity index (χ3v) is 5.88. The van der Waals surface area contributed by atoms with Crippen molar-refractivity contribution in [3.63, 3.8) is 0 Å². The van der Waals surface area contributed by atoms with Gasteiger partial charge in [-0.25, -0.2) is 4.68 Å². The minimum Gasteiger partial charge on any atom is -0.495 e. The van der Waals surface area contributed by atoms with Gasteiger partial charge in [-0.1, -0.05) is 29.5 Å². The molecule has 0 saturated heterocycles. The number of fused-ring (bicyclic) bond motifs is 1. The third kappa shape index (κ3) is 4.94. The second-order valence-electron chi connectivity index (χ2n) is 8.87. The fraction of sp³-hybridized carbons (Fsp3) is 0.280. The van der Waals surface area contributed by atoms with Crippen molar-refractivity contribution < 1.29 is 14.3 Å². The number of hydrogen-bond acceptors (Lipinski definition) is 6. The number of nitrogens with one attached hydrogen (secondary N) is 1. The topological polar surface area (TPSA) is 89.3 Å². The first-order valence-corrected chi connectivity index (χ1v) is 11.8. The maximum Gasteiger partial charge on any atom is 0.249 e. The molecule has 1 unspecified atom stereocenters. The molecule has 0 bridgehead atoms. The van der Waals surface area contributed by atoms with Crippen LogP contribution in [0.15, 0.2) is 65.4 Å². The predicted octanol–water partition coefficient (Wildman–Crippen LogP) is 4.19. The summed E-state index contributed by atoms with van der Waals surface area (Å²) in [6, 6.07) is 15.6. The van der Waals surface area contributed by atoms with Gasteiger partial charge in [0, 0.05) is 5.54 Å². The molecule has 34 heavy (non-hydrogen) atoms. The number of amides is 2. The number of carbonyl (C=O) groups is 2. The van der Waals surface area contributed by atoms with Gasteiger partial charge in [0.1, 0.15) is 23.9 Å². The van der Waals surface area contributed by atoms with Crippen molar-refractivity contribution in [3.05, 3.63) is 70.9 Å². The number of rotatable bonds is 7. The second-order valence-corrected chi connectivity index (χ2v) is 9.65. The van der Waals surface area contributed by atoms with Crippen LogP contribution in [0.3, 0.4) is 0 Å². The lowest BCUT2D eigenvalue weighted by Gasteiger charge is -2.34. The molecule has 1 atom stereocenters. The third-order valence-electron chi connectivity index (χ3n) is 5.18. The van der Waals surface area contributed by atoms with Gasteiger partial charge in [0.2, 0.25) is 11.8 Å². The summed E-state index contributed by atoms with van der Waals surface area (Å²) in [6.45, 7) is 5.63. The summed E-state index contributed by atoms with van der Waals surface area (Å²) in [5.41, 5.74) is 2.17. The minimum absolute atomic E-state index is 0.0952. The van der Waals surface area contributed by atoms with Crippen LogP contribution in [0.1, 0.15) is 32.4 Å². The predicted molar refractivity (Wildman–Crippen MR) is 133 cm³/mol. The Morgan fingerprint density at radius 3 is 2.56 bits per heavy atom. The summed E-state index contributed by atoms with van der Waals surface area (Å²) in [6.07, 6.45) is 0. The molecule has 0 aliphatic heterocycles. The Labute approximate surface area is 202 Å². The van der Waals surface area contributed by atoms with Crippen molar-refractivity contribution in [2.45, 2.75) is 38.9 Å². The first-order chi connectivity index (χ1) is 16.3. The van der Waals surface area contributed by atoms with Crippen LogP contribution in [0.4, 0.5) is 5.69 Å². The van der Waals surface area contributed by atoms with E-state index in [9.17, 15) is 9.59 Å². The smallest absolute Gasteiger partial charge is 0.249 e. The quantitative estimate of drug-likeness (QED) is 0.431. The summed E-state index contributed by atoms with van der Waals surface area (Å²) < 4.78 is 7.12. The number of ether oxygens (including phenoxy) is 1. The number of para-hydroxylation sites is 3. The first kappa shape index (κ1) is 23.4. The lowest BCUT2D eigenvalue weighted by molar-refractivity contribution is -0.128. The Hall–Kier alpha value is -3.72. The molecular formula is C25H27N5O3S. The fourth-order valence-electron chi connectivity index (χ4n) is 3.77. The summed E-state index contributed by atoms with van der Waals surface area (Å²) >= 11 is 1.47. The van der Waals surface area contributed by atoms with Gasteiger partial charge >= 0.3 is 0 Å². The number of methoxy groups -OCH3 is 1. The number of thiophene rings is 1. The largest absolute Gasteiger partial charge is 0.495 e. The zero-order valence-electron chi connectivity index (χ0n) is 19.6. The zero-order valence-corrected chi connectivity index (χ0v) is 20.4. The van der Waals surface area contributed by atoms with Gasteiger partial charge in [-0.2, -0.15) is 11.3 Å². The average Bonchev–Trinajstić information content (AvgIpc) is 3.46. The molecule has 8 nitrogen and oxygen atoms in total. The summed E-state index contributed by atoms with van der Waals surface area (Å²) in [5, 5.41) is 15.1. The van der Waals surface area contributed by atoms with E-state index in [1.165, 1.54) is 16.2 Å². The SMILES string of the molecule is COc1ccccc1N(C(=O)Cn1nnc2ccccc21)C(C(=O)NC(C)(C)C)c1ccsc1. The number of carbonyl (C=O) groups excluding carboxylic acids is 2. The molecule has 0 fully saturated rings. The van der Waals surface area contributed by atoms with E-state index < -0.39 is 11.6 Å². The van der Waals surface area contributed by atoms with Gasteiger partial charge in [-0.3, -0.25) is 14.5 Å². The highest BCUT2D eigenvalue weighted by atomic mass is 32.1. The molecule has 4 rings (SSSR count). The number of hydrogen-bond donors (Lipinski definition) is 1. The van der Waals surface area contributed by atoms with E-state index in [1.54, 1.807) is 23.9 Å². The Kier molecular flexibility index (Phi) is 6.65. The van der Waals surface area contributed by atoms with E-state index >= 15 is 0 Å². The summed E-state index contributed by atoms with van der Waals surface area (Å²) in [7, 11) is 1.54. The van der Waals surface area contributed by atoms with Gasteiger partial charge in [0.25, 0.3) is 0 Å². The molecule has 176 valence electrons. The van der Waals surface area contributed by atoms with E-state index in [0.29, 0.717) is 17.0 Å². The molecule has 9 heteroatoms. The highest BCUT2D eigenvalue weighted by Crippen LogP contribution is 2.36. The van der Waals surface area contributed by atoms with Crippen LogP contribution in [0.2, 0.25) is 0 Å². The van der Waals surface area contributed by atoms with E-state index in [0.717, 1.165) is 11.1 Å². The van der Waals surface area contributed by atoms with Crippen molar-refractivity contribution in [3.8, 4) is 5.75 Å². The standard InChI is InChI=1S/C25H27N5O3S/c1-25(2,3)26-24(32)23(17-13-14-34-16-17)30(20-11-7-8-12-21(20)33-4)22(31)15-29-19-10-6-5-9-18(19)27-28-29/h5-14,16,23H,15H2,1-4H3,(H,26,32). The lowest BCUT2D eigenvalue weighted by atomic mass is 10.0. The first-order valence-electron chi connectivity index (χ1n) is 10.9. The van der Waals surface area contributed by atoms with E-state index in [4.69, 9.17) is 4.74 Å². The number of aromatic nitrogens is 3. The maximum absolute atomic E-state index is 13.9. The molecule has 2 aromatic carbocycles. The average molecular weight is 478 g/mol. The van der Waals surface area contributed by atoms with Crippen LogP contribution in [-0.4, -0.2) is 39.5 Å². The van der Waals surface area contributed by atoms with Crippen molar-refractivity contribution >= 4 is 39.9 Å². The molecule has 0 aliphatic carbocycles. The van der Waals surface area contributed by atoms with Crippen LogP contribution < -0.4 is 15.0 Å². The molecule has 0 spiro atoms. The highest BCUT2D eigenvalue weighted by molar-refractivity contribution is 7.08. The summed E-state index contributed by atoms with van der Waals surface area (Å²) in [5.74, 6) is -0.114. The Balaban J connectivity index is 1.82. The number of benzene rings is 2. The normalized spacial score (nSPS) is 12.4. The van der Waals surface area contributed by atoms with Crippen LogP contribution in [-0.2, 0) is 16.1 Å². The monoisotopic (exact) mass is 477 g/mol. The van der Waals surface area contributed by atoms with Crippen LogP contribution in [0.25, 0.3) is 11.0 Å². The van der Waals surface area contributed by atoms with Crippen LogP contribution >= 0.6 is 11.3 Å². The van der Waals surface area contributed by atoms with Crippen LogP contribution in [0.5, 0.6) is 5.75 Å². The van der Waals surface area contributed by atoms with Crippen molar-refractivity contribution in [2.24, 2.45) is 0 Å². The molecular weight excluding hydrogens is 450 g/mol. The number of anilines is 1. The Morgan fingerprint density at radius 1 is 1.12 bits per heavy atom. The van der Waals surface area contributed by atoms with Gasteiger partial charge in [0.15, 0.2) is 0 Å². The van der Waals surface area contributed by atoms with Crippen molar-refractivity contribution in [1.29, 1.82) is 0 Å². The number of nitrogens with zero attached hydrogens (tertiary/aromatic N) is 4. The minimum atomic E-state index is -0.899. The molecule has 2 aromatic heterocycles. The molecule has 4 aromatic rings. The highest BCUT2D eigenvalue weighted by Gasteiger charge is 2.36. The van der Waals surface area contributed by atoms with E-state index in [-0.39, 0.29) is 18.4 Å².